The van der Waals surface area contributed by atoms with Gasteiger partial charge in [0.05, 0.1) is 5.51 Å². The molecule has 1 aromatic heterocycles. The number of aromatic nitrogens is 1. The standard InChI is InChI=1S/C9H14NS/c1-2-3-4-5-6-9-7-10-8-11-9/h7-8H,1-6H2. The van der Waals surface area contributed by atoms with Crippen LogP contribution in [0.25, 0.3) is 0 Å². The Bertz CT molecular complexity index is 170. The Kier molecular flexibility index (Phi) is 4.21. The molecule has 1 rings (SSSR count). The van der Waals surface area contributed by atoms with Gasteiger partial charge < -0.3 is 0 Å². The molecule has 0 aromatic carbocycles. The summed E-state index contributed by atoms with van der Waals surface area (Å²) in [5, 5.41) is 0. The topological polar surface area (TPSA) is 12.9 Å². The maximum atomic E-state index is 4.03. The molecule has 0 aliphatic rings. The van der Waals surface area contributed by atoms with Crippen LogP contribution in [-0.2, 0) is 6.42 Å². The second-order valence-corrected chi connectivity index (χ2v) is 3.60. The molecule has 0 saturated carbocycles. The van der Waals surface area contributed by atoms with Crippen LogP contribution in [0, 0.1) is 6.92 Å². The van der Waals surface area contributed by atoms with Gasteiger partial charge >= 0.3 is 0 Å². The molecule has 0 aliphatic heterocycles. The molecule has 1 aromatic rings. The molecule has 0 amide bonds. The zero-order valence-corrected chi connectivity index (χ0v) is 7.57. The minimum Gasteiger partial charge on any atom is -0.253 e. The van der Waals surface area contributed by atoms with Crippen molar-refractivity contribution in [3.63, 3.8) is 0 Å². The van der Waals surface area contributed by atoms with Crippen LogP contribution < -0.4 is 0 Å². The first kappa shape index (κ1) is 8.72. The van der Waals surface area contributed by atoms with E-state index in [9.17, 15) is 0 Å². The van der Waals surface area contributed by atoms with Crippen LogP contribution in [0.2, 0.25) is 0 Å². The zero-order valence-electron chi connectivity index (χ0n) is 6.75. The maximum Gasteiger partial charge on any atom is 0.0794 e. The lowest BCUT2D eigenvalue weighted by Gasteiger charge is -1.95. The fraction of sp³-hybridized carbons (Fsp3) is 0.556. The third kappa shape index (κ3) is 3.51. The number of hydrogen-bond acceptors (Lipinski definition) is 2. The Labute approximate surface area is 72.5 Å². The van der Waals surface area contributed by atoms with Crippen molar-refractivity contribution in [3.05, 3.63) is 23.5 Å². The van der Waals surface area contributed by atoms with Crippen LogP contribution in [0.5, 0.6) is 0 Å². The van der Waals surface area contributed by atoms with Gasteiger partial charge in [-0.2, -0.15) is 0 Å². The van der Waals surface area contributed by atoms with Gasteiger partial charge in [-0.3, -0.25) is 4.98 Å². The Balaban J connectivity index is 2.04. The first-order valence-electron chi connectivity index (χ1n) is 4.10. The van der Waals surface area contributed by atoms with Crippen molar-refractivity contribution in [1.29, 1.82) is 0 Å². The maximum absolute atomic E-state index is 4.03. The van der Waals surface area contributed by atoms with E-state index in [0.29, 0.717) is 0 Å². The number of unbranched alkanes of at least 4 members (excludes halogenated alkanes) is 3. The normalized spacial score (nSPS) is 10.3. The molecule has 11 heavy (non-hydrogen) atoms. The van der Waals surface area contributed by atoms with Gasteiger partial charge in [-0.1, -0.05) is 26.2 Å². The average Bonchev–Trinajstić information content (AvgIpc) is 2.50. The SMILES string of the molecule is [CH2]CCCCCc1cncs1. The Morgan fingerprint density at radius 3 is 2.91 bits per heavy atom. The van der Waals surface area contributed by atoms with Crippen LogP contribution in [0.4, 0.5) is 0 Å². The summed E-state index contributed by atoms with van der Waals surface area (Å²) in [7, 11) is 0. The first-order chi connectivity index (χ1) is 5.43. The van der Waals surface area contributed by atoms with Gasteiger partial charge in [0.1, 0.15) is 0 Å². The number of hydrogen-bond donors (Lipinski definition) is 0. The third-order valence-corrected chi connectivity index (χ3v) is 2.50. The van der Waals surface area contributed by atoms with Gasteiger partial charge in [0.2, 0.25) is 0 Å². The van der Waals surface area contributed by atoms with E-state index in [-0.39, 0.29) is 0 Å². The van der Waals surface area contributed by atoms with Crippen LogP contribution in [0.3, 0.4) is 0 Å². The van der Waals surface area contributed by atoms with E-state index in [1.165, 1.54) is 30.6 Å². The first-order valence-corrected chi connectivity index (χ1v) is 4.98. The van der Waals surface area contributed by atoms with Crippen LogP contribution in [0.1, 0.15) is 30.6 Å². The predicted octanol–water partition coefficient (Wildman–Crippen LogP) is 3.08. The quantitative estimate of drug-likeness (QED) is 0.616. The number of rotatable bonds is 5. The van der Waals surface area contributed by atoms with Gasteiger partial charge in [-0.05, 0) is 12.8 Å². The summed E-state index contributed by atoms with van der Waals surface area (Å²) in [6, 6.07) is 0. The van der Waals surface area contributed by atoms with E-state index in [0.717, 1.165) is 6.42 Å². The second-order valence-electron chi connectivity index (χ2n) is 2.63. The van der Waals surface area contributed by atoms with Crippen molar-refractivity contribution in [2.45, 2.75) is 32.1 Å². The van der Waals surface area contributed by atoms with E-state index in [4.69, 9.17) is 0 Å². The molecule has 0 spiro atoms. The van der Waals surface area contributed by atoms with Crippen molar-refractivity contribution < 1.29 is 0 Å². The fourth-order valence-electron chi connectivity index (χ4n) is 1.02. The molecule has 0 aliphatic carbocycles. The predicted molar refractivity (Wildman–Crippen MR) is 49.6 cm³/mol. The Morgan fingerprint density at radius 1 is 1.36 bits per heavy atom. The molecular formula is C9H14NS. The molecule has 0 fully saturated rings. The molecule has 0 atom stereocenters. The molecule has 1 radical (unpaired) electrons. The highest BCUT2D eigenvalue weighted by atomic mass is 32.1. The van der Waals surface area contributed by atoms with Crippen molar-refractivity contribution >= 4 is 11.3 Å². The number of aryl methyl sites for hydroxylation is 1. The van der Waals surface area contributed by atoms with Crippen molar-refractivity contribution in [3.8, 4) is 0 Å². The van der Waals surface area contributed by atoms with Gasteiger partial charge in [0.25, 0.3) is 0 Å². The lowest BCUT2D eigenvalue weighted by atomic mass is 10.1. The monoisotopic (exact) mass is 168 g/mol. The average molecular weight is 168 g/mol. The molecule has 1 heterocycles. The van der Waals surface area contributed by atoms with Crippen molar-refractivity contribution in [1.82, 2.24) is 4.98 Å². The molecule has 0 unspecified atom stereocenters. The lowest BCUT2D eigenvalue weighted by Crippen LogP contribution is -1.80. The van der Waals surface area contributed by atoms with Gasteiger partial charge in [0.15, 0.2) is 0 Å². The van der Waals surface area contributed by atoms with E-state index < -0.39 is 0 Å². The van der Waals surface area contributed by atoms with Crippen molar-refractivity contribution in [2.75, 3.05) is 0 Å². The highest BCUT2D eigenvalue weighted by Crippen LogP contribution is 2.10. The van der Waals surface area contributed by atoms with E-state index in [1.807, 2.05) is 11.7 Å². The summed E-state index contributed by atoms with van der Waals surface area (Å²) in [5.41, 5.74) is 1.90. The molecule has 0 bridgehead atoms. The van der Waals surface area contributed by atoms with Gasteiger partial charge in [-0.25, -0.2) is 0 Å². The largest absolute Gasteiger partial charge is 0.253 e. The third-order valence-electron chi connectivity index (χ3n) is 1.66. The highest BCUT2D eigenvalue weighted by molar-refractivity contribution is 7.09. The molecule has 0 N–H and O–H groups in total. The minimum atomic E-state index is 1.07. The summed E-state index contributed by atoms with van der Waals surface area (Å²) in [4.78, 5) is 5.44. The van der Waals surface area contributed by atoms with E-state index in [1.54, 1.807) is 11.3 Å². The summed E-state index contributed by atoms with van der Waals surface area (Å²) >= 11 is 1.75. The summed E-state index contributed by atoms with van der Waals surface area (Å²) in [6.45, 7) is 3.81. The zero-order chi connectivity index (χ0) is 7.94. The molecule has 0 saturated heterocycles. The van der Waals surface area contributed by atoms with Crippen LogP contribution >= 0.6 is 11.3 Å². The fourth-order valence-corrected chi connectivity index (χ4v) is 1.66. The smallest absolute Gasteiger partial charge is 0.0794 e. The minimum absolute atomic E-state index is 1.07. The highest BCUT2D eigenvalue weighted by Gasteiger charge is 1.93. The molecule has 61 valence electrons. The van der Waals surface area contributed by atoms with Gasteiger partial charge in [0, 0.05) is 11.1 Å². The van der Waals surface area contributed by atoms with E-state index in [2.05, 4.69) is 11.9 Å². The Hall–Kier alpha value is -0.370. The lowest BCUT2D eigenvalue weighted by molar-refractivity contribution is 0.689. The number of nitrogens with zero attached hydrogens (tertiary/aromatic N) is 1. The number of thiazole rings is 1. The van der Waals surface area contributed by atoms with E-state index >= 15 is 0 Å². The molecular weight excluding hydrogens is 154 g/mol. The van der Waals surface area contributed by atoms with Crippen LogP contribution in [-0.4, -0.2) is 4.98 Å². The Morgan fingerprint density at radius 2 is 2.27 bits per heavy atom. The van der Waals surface area contributed by atoms with Crippen LogP contribution in [0.15, 0.2) is 11.7 Å². The summed E-state index contributed by atoms with van der Waals surface area (Å²) in [6.07, 6.45) is 8.10. The summed E-state index contributed by atoms with van der Waals surface area (Å²) < 4.78 is 0. The summed E-state index contributed by atoms with van der Waals surface area (Å²) in [5.74, 6) is 0. The van der Waals surface area contributed by atoms with Crippen molar-refractivity contribution in [2.24, 2.45) is 0 Å². The molecule has 2 heteroatoms. The molecule has 1 nitrogen and oxygen atoms in total. The van der Waals surface area contributed by atoms with Gasteiger partial charge in [-0.15, -0.1) is 11.3 Å². The second kappa shape index (κ2) is 5.30.